The van der Waals surface area contributed by atoms with E-state index in [0.717, 1.165) is 25.7 Å². The van der Waals surface area contributed by atoms with Gasteiger partial charge in [-0.2, -0.15) is 4.31 Å². The fraction of sp³-hybridized carbons (Fsp3) is 0.438. The normalized spacial score (nSPS) is 16.6. The van der Waals surface area contributed by atoms with E-state index in [1.807, 2.05) is 0 Å². The van der Waals surface area contributed by atoms with Crippen LogP contribution in [-0.4, -0.2) is 38.3 Å². The third kappa shape index (κ3) is 4.34. The van der Waals surface area contributed by atoms with Crippen molar-refractivity contribution in [3.05, 3.63) is 41.4 Å². The molecule has 0 atom stereocenters. The number of sulfonamides is 1. The number of carbonyl (C=O) groups is 1. The van der Waals surface area contributed by atoms with E-state index in [2.05, 4.69) is 11.9 Å². The highest BCUT2D eigenvalue weighted by Gasteiger charge is 2.28. The molecule has 1 aromatic carbocycles. The molecule has 0 radical (unpaired) electrons. The minimum atomic E-state index is -3.69. The number of hydrogen-bond acceptors (Lipinski definition) is 3. The van der Waals surface area contributed by atoms with E-state index in [0.29, 0.717) is 19.6 Å². The fourth-order valence-electron chi connectivity index (χ4n) is 2.53. The van der Waals surface area contributed by atoms with E-state index in [9.17, 15) is 13.2 Å². The highest BCUT2D eigenvalue weighted by atomic mass is 35.5. The van der Waals surface area contributed by atoms with Gasteiger partial charge in [-0.25, -0.2) is 8.42 Å². The molecule has 1 aromatic rings. The summed E-state index contributed by atoms with van der Waals surface area (Å²) in [6.45, 7) is 4.83. The van der Waals surface area contributed by atoms with E-state index >= 15 is 0 Å². The number of nitrogens with zero attached hydrogens (tertiary/aromatic N) is 1. The molecule has 23 heavy (non-hydrogen) atoms. The van der Waals surface area contributed by atoms with Crippen LogP contribution in [0.1, 0.15) is 36.0 Å². The van der Waals surface area contributed by atoms with Crippen LogP contribution < -0.4 is 5.32 Å². The third-order valence-corrected chi connectivity index (χ3v) is 6.16. The molecular formula is C16H21ClN2O3S. The Morgan fingerprint density at radius 3 is 2.52 bits per heavy atom. The molecule has 0 aromatic heterocycles. The number of nitrogens with one attached hydrogen (secondary N) is 1. The summed E-state index contributed by atoms with van der Waals surface area (Å²) in [6, 6.07) is 4.32. The lowest BCUT2D eigenvalue weighted by Gasteiger charge is -2.21. The molecule has 1 saturated heterocycles. The summed E-state index contributed by atoms with van der Waals surface area (Å²) in [4.78, 5) is 12.0. The van der Waals surface area contributed by atoms with Gasteiger partial charge in [-0.1, -0.05) is 30.5 Å². The highest BCUT2D eigenvalue weighted by Crippen LogP contribution is 2.27. The number of benzene rings is 1. The number of halogens is 1. The lowest BCUT2D eigenvalue weighted by molar-refractivity contribution is 0.0958. The summed E-state index contributed by atoms with van der Waals surface area (Å²) in [5.41, 5.74) is 0.268. The maximum atomic E-state index is 12.8. The molecule has 1 N–H and O–H groups in total. The second kappa shape index (κ2) is 7.95. The molecule has 0 unspecified atom stereocenters. The zero-order chi connectivity index (χ0) is 16.9. The van der Waals surface area contributed by atoms with Gasteiger partial charge in [0.15, 0.2) is 0 Å². The van der Waals surface area contributed by atoms with Crippen LogP contribution in [0, 0.1) is 0 Å². The van der Waals surface area contributed by atoms with Gasteiger partial charge in [-0.15, -0.1) is 6.58 Å². The van der Waals surface area contributed by atoms with Gasteiger partial charge in [-0.3, -0.25) is 4.79 Å². The Balaban J connectivity index is 2.33. The molecule has 1 aliphatic rings. The van der Waals surface area contributed by atoms with Crippen molar-refractivity contribution in [2.75, 3.05) is 19.6 Å². The molecule has 126 valence electrons. The monoisotopic (exact) mass is 356 g/mol. The summed E-state index contributed by atoms with van der Waals surface area (Å²) >= 11 is 6.10. The number of carbonyl (C=O) groups excluding carboxylic acids is 1. The van der Waals surface area contributed by atoms with Crippen molar-refractivity contribution in [3.63, 3.8) is 0 Å². The molecule has 1 heterocycles. The van der Waals surface area contributed by atoms with Crippen molar-refractivity contribution in [3.8, 4) is 0 Å². The predicted octanol–water partition coefficient (Wildman–Crippen LogP) is 2.82. The van der Waals surface area contributed by atoms with E-state index < -0.39 is 10.0 Å². The standard InChI is InChI=1S/C16H21ClN2O3S/c1-2-9-18-16(20)13-7-8-14(17)15(12-13)23(21,22)19-10-5-3-4-6-11-19/h2,7-8,12H,1,3-6,9-11H2,(H,18,20). The zero-order valence-corrected chi connectivity index (χ0v) is 14.5. The Hall–Kier alpha value is -1.37. The average Bonchev–Trinajstić information content (AvgIpc) is 2.82. The van der Waals surface area contributed by atoms with Crippen LogP contribution >= 0.6 is 11.6 Å². The van der Waals surface area contributed by atoms with Crippen molar-refractivity contribution in [2.24, 2.45) is 0 Å². The fourth-order valence-corrected chi connectivity index (χ4v) is 4.55. The first-order valence-electron chi connectivity index (χ1n) is 7.65. The molecule has 2 rings (SSSR count). The highest BCUT2D eigenvalue weighted by molar-refractivity contribution is 7.89. The molecule has 1 aliphatic heterocycles. The van der Waals surface area contributed by atoms with E-state index in [1.54, 1.807) is 6.08 Å². The lowest BCUT2D eigenvalue weighted by atomic mass is 10.2. The van der Waals surface area contributed by atoms with Crippen LogP contribution in [0.2, 0.25) is 5.02 Å². The Bertz CT molecular complexity index is 681. The van der Waals surface area contributed by atoms with Crippen LogP contribution in [0.25, 0.3) is 0 Å². The maximum absolute atomic E-state index is 12.8. The van der Waals surface area contributed by atoms with Gasteiger partial charge in [0.05, 0.1) is 5.02 Å². The van der Waals surface area contributed by atoms with Crippen molar-refractivity contribution >= 4 is 27.5 Å². The number of hydrogen-bond donors (Lipinski definition) is 1. The van der Waals surface area contributed by atoms with Gasteiger partial charge in [-0.05, 0) is 31.0 Å². The van der Waals surface area contributed by atoms with Crippen LogP contribution in [0.5, 0.6) is 0 Å². The van der Waals surface area contributed by atoms with Crippen LogP contribution in [-0.2, 0) is 10.0 Å². The lowest BCUT2D eigenvalue weighted by Crippen LogP contribution is -2.32. The van der Waals surface area contributed by atoms with Crippen molar-refractivity contribution < 1.29 is 13.2 Å². The number of amides is 1. The van der Waals surface area contributed by atoms with Gasteiger partial charge in [0.2, 0.25) is 10.0 Å². The molecule has 0 bridgehead atoms. The molecule has 5 nitrogen and oxygen atoms in total. The largest absolute Gasteiger partial charge is 0.349 e. The van der Waals surface area contributed by atoms with Gasteiger partial charge >= 0.3 is 0 Å². The van der Waals surface area contributed by atoms with E-state index in [1.165, 1.54) is 22.5 Å². The molecular weight excluding hydrogens is 336 g/mol. The molecule has 1 fully saturated rings. The third-order valence-electron chi connectivity index (χ3n) is 3.78. The van der Waals surface area contributed by atoms with Crippen LogP contribution in [0.3, 0.4) is 0 Å². The summed E-state index contributed by atoms with van der Waals surface area (Å²) in [5.74, 6) is -0.353. The Kier molecular flexibility index (Phi) is 6.21. The molecule has 7 heteroatoms. The van der Waals surface area contributed by atoms with Crippen LogP contribution in [0.4, 0.5) is 0 Å². The second-order valence-corrected chi connectivity index (χ2v) is 7.78. The van der Waals surface area contributed by atoms with Crippen molar-refractivity contribution in [1.82, 2.24) is 9.62 Å². The van der Waals surface area contributed by atoms with Crippen molar-refractivity contribution in [1.29, 1.82) is 0 Å². The Morgan fingerprint density at radius 2 is 1.91 bits per heavy atom. The van der Waals surface area contributed by atoms with E-state index in [-0.39, 0.29) is 21.4 Å². The van der Waals surface area contributed by atoms with Crippen LogP contribution in [0.15, 0.2) is 35.7 Å². The molecule has 0 spiro atoms. The molecule has 1 amide bonds. The minimum absolute atomic E-state index is 0.00711. The maximum Gasteiger partial charge on any atom is 0.251 e. The van der Waals surface area contributed by atoms with Gasteiger partial charge in [0, 0.05) is 25.2 Å². The predicted molar refractivity (Wildman–Crippen MR) is 91.2 cm³/mol. The summed E-state index contributed by atoms with van der Waals surface area (Å²) in [5, 5.41) is 2.76. The van der Waals surface area contributed by atoms with Crippen molar-refractivity contribution in [2.45, 2.75) is 30.6 Å². The first kappa shape index (κ1) is 18.0. The summed E-state index contributed by atoms with van der Waals surface area (Å²) < 4.78 is 27.2. The molecule has 0 saturated carbocycles. The van der Waals surface area contributed by atoms with Gasteiger partial charge in [0.1, 0.15) is 4.90 Å². The summed E-state index contributed by atoms with van der Waals surface area (Å²) in [7, 11) is -3.69. The minimum Gasteiger partial charge on any atom is -0.349 e. The molecule has 0 aliphatic carbocycles. The first-order chi connectivity index (χ1) is 11.0. The quantitative estimate of drug-likeness (QED) is 0.825. The second-order valence-electron chi connectivity index (χ2n) is 5.46. The number of rotatable bonds is 5. The first-order valence-corrected chi connectivity index (χ1v) is 9.47. The van der Waals surface area contributed by atoms with E-state index in [4.69, 9.17) is 11.6 Å². The van der Waals surface area contributed by atoms with Gasteiger partial charge < -0.3 is 5.32 Å². The average molecular weight is 357 g/mol. The SMILES string of the molecule is C=CCNC(=O)c1ccc(Cl)c(S(=O)(=O)N2CCCCCC2)c1. The zero-order valence-electron chi connectivity index (χ0n) is 12.9. The summed E-state index contributed by atoms with van der Waals surface area (Å²) in [6.07, 6.45) is 5.31. The topological polar surface area (TPSA) is 66.5 Å². The Morgan fingerprint density at radius 1 is 1.26 bits per heavy atom. The Labute approximate surface area is 142 Å². The smallest absolute Gasteiger partial charge is 0.251 e. The van der Waals surface area contributed by atoms with Gasteiger partial charge in [0.25, 0.3) is 5.91 Å².